The van der Waals surface area contributed by atoms with Crippen LogP contribution in [0.5, 0.6) is 5.75 Å². The molecule has 0 bridgehead atoms. The van der Waals surface area contributed by atoms with Crippen molar-refractivity contribution in [3.8, 4) is 5.75 Å². The number of rotatable bonds is 3. The maximum absolute atomic E-state index is 5.25. The first-order valence-corrected chi connectivity index (χ1v) is 7.01. The number of benzene rings is 1. The average Bonchev–Trinajstić information content (AvgIpc) is 2.82. The van der Waals surface area contributed by atoms with Gasteiger partial charge in [-0.1, -0.05) is 56.7 Å². The molecule has 1 atom stereocenters. The van der Waals surface area contributed by atoms with Crippen LogP contribution in [-0.4, -0.2) is 7.11 Å². The number of methoxy groups -OCH3 is 1. The molecule has 1 aliphatic carbocycles. The van der Waals surface area contributed by atoms with E-state index in [2.05, 4.69) is 45.0 Å². The Labute approximate surface area is 130 Å². The van der Waals surface area contributed by atoms with Crippen LogP contribution in [0.4, 0.5) is 0 Å². The molecule has 1 aliphatic rings. The minimum absolute atomic E-state index is 0. The molecule has 0 aliphatic heterocycles. The second-order valence-electron chi connectivity index (χ2n) is 6.44. The van der Waals surface area contributed by atoms with Crippen LogP contribution in [0.1, 0.15) is 57.9 Å². The fourth-order valence-corrected chi connectivity index (χ4v) is 3.26. The first kappa shape index (κ1) is 16.7. The van der Waals surface area contributed by atoms with E-state index in [1.165, 1.54) is 31.2 Å². The summed E-state index contributed by atoms with van der Waals surface area (Å²) in [7, 11) is 1.72. The van der Waals surface area contributed by atoms with Crippen LogP contribution < -0.4 is 23.6 Å². The third-order valence-electron chi connectivity index (χ3n) is 3.97. The SMILES string of the molecule is COc1ccc(C([C-]2CCCC2)C(C)(C)C)cc1.[Li+]. The van der Waals surface area contributed by atoms with Crippen LogP contribution in [0.2, 0.25) is 0 Å². The van der Waals surface area contributed by atoms with Crippen molar-refractivity contribution in [2.75, 3.05) is 7.11 Å². The summed E-state index contributed by atoms with van der Waals surface area (Å²) in [5.74, 6) is 3.28. The summed E-state index contributed by atoms with van der Waals surface area (Å²) in [6.45, 7) is 7.06. The van der Waals surface area contributed by atoms with Gasteiger partial charge in [0.2, 0.25) is 0 Å². The molecule has 0 heterocycles. The number of hydrogen-bond donors (Lipinski definition) is 0. The molecule has 19 heavy (non-hydrogen) atoms. The third-order valence-corrected chi connectivity index (χ3v) is 3.97. The van der Waals surface area contributed by atoms with Crippen LogP contribution >= 0.6 is 0 Å². The number of ether oxygens (including phenoxy) is 1. The van der Waals surface area contributed by atoms with Crippen LogP contribution in [0.25, 0.3) is 0 Å². The average molecular weight is 252 g/mol. The van der Waals surface area contributed by atoms with Gasteiger partial charge >= 0.3 is 18.9 Å². The van der Waals surface area contributed by atoms with E-state index in [0.717, 1.165) is 5.75 Å². The summed E-state index contributed by atoms with van der Waals surface area (Å²) >= 11 is 0. The molecule has 1 saturated carbocycles. The van der Waals surface area contributed by atoms with E-state index < -0.39 is 0 Å². The molecule has 0 N–H and O–H groups in total. The normalized spacial score (nSPS) is 17.9. The molecule has 1 nitrogen and oxygen atoms in total. The fraction of sp³-hybridized carbons (Fsp3) is 0.588. The van der Waals surface area contributed by atoms with Gasteiger partial charge < -0.3 is 10.7 Å². The molecule has 1 fully saturated rings. The molecule has 0 amide bonds. The van der Waals surface area contributed by atoms with Gasteiger partial charge in [-0.15, -0.1) is 5.92 Å². The van der Waals surface area contributed by atoms with Crippen LogP contribution in [-0.2, 0) is 0 Å². The maximum atomic E-state index is 5.25. The molecule has 1 aromatic rings. The Hall–Kier alpha value is -0.383. The first-order chi connectivity index (χ1) is 8.52. The van der Waals surface area contributed by atoms with Gasteiger partial charge in [0.25, 0.3) is 0 Å². The second kappa shape index (κ2) is 6.87. The van der Waals surface area contributed by atoms with E-state index in [9.17, 15) is 0 Å². The van der Waals surface area contributed by atoms with Crippen LogP contribution in [0.15, 0.2) is 24.3 Å². The topological polar surface area (TPSA) is 9.23 Å². The third kappa shape index (κ3) is 4.04. The minimum Gasteiger partial charge on any atom is -0.497 e. The van der Waals surface area contributed by atoms with E-state index in [-0.39, 0.29) is 18.9 Å². The molecular formula is C17H25LiO. The van der Waals surface area contributed by atoms with Gasteiger partial charge in [0.15, 0.2) is 0 Å². The monoisotopic (exact) mass is 252 g/mol. The first-order valence-electron chi connectivity index (χ1n) is 7.01. The molecular weight excluding hydrogens is 227 g/mol. The van der Waals surface area contributed by atoms with Crippen molar-refractivity contribution in [2.24, 2.45) is 5.41 Å². The fourth-order valence-electron chi connectivity index (χ4n) is 3.26. The maximum Gasteiger partial charge on any atom is 1.00 e. The van der Waals surface area contributed by atoms with Crippen molar-refractivity contribution in [3.63, 3.8) is 0 Å². The molecule has 0 saturated heterocycles. The van der Waals surface area contributed by atoms with Crippen molar-refractivity contribution < 1.29 is 23.6 Å². The van der Waals surface area contributed by atoms with E-state index in [0.29, 0.717) is 11.3 Å². The summed E-state index contributed by atoms with van der Waals surface area (Å²) in [5, 5.41) is 0. The van der Waals surface area contributed by atoms with Gasteiger partial charge in [-0.25, -0.2) is 0 Å². The molecule has 0 spiro atoms. The van der Waals surface area contributed by atoms with Gasteiger partial charge in [0, 0.05) is 0 Å². The van der Waals surface area contributed by atoms with Crippen molar-refractivity contribution in [3.05, 3.63) is 35.7 Å². The van der Waals surface area contributed by atoms with Crippen LogP contribution in [0, 0.1) is 11.3 Å². The molecule has 1 unspecified atom stereocenters. The molecule has 2 heteroatoms. The van der Waals surface area contributed by atoms with Crippen molar-refractivity contribution >= 4 is 0 Å². The van der Waals surface area contributed by atoms with Crippen molar-refractivity contribution in [1.82, 2.24) is 0 Å². The Morgan fingerprint density at radius 3 is 2.00 bits per heavy atom. The van der Waals surface area contributed by atoms with Crippen molar-refractivity contribution in [2.45, 2.75) is 52.4 Å². The molecule has 1 aromatic carbocycles. The summed E-state index contributed by atoms with van der Waals surface area (Å²) < 4.78 is 5.25. The molecule has 0 aromatic heterocycles. The van der Waals surface area contributed by atoms with Gasteiger partial charge in [-0.05, 0) is 12.1 Å². The minimum atomic E-state index is 0. The summed E-state index contributed by atoms with van der Waals surface area (Å²) in [4.78, 5) is 0. The molecule has 0 radical (unpaired) electrons. The van der Waals surface area contributed by atoms with Gasteiger partial charge in [-0.3, -0.25) is 0 Å². The number of hydrogen-bond acceptors (Lipinski definition) is 1. The largest absolute Gasteiger partial charge is 1.00 e. The van der Waals surface area contributed by atoms with Gasteiger partial charge in [-0.2, -0.15) is 12.8 Å². The van der Waals surface area contributed by atoms with E-state index in [1.807, 2.05) is 0 Å². The zero-order valence-corrected chi connectivity index (χ0v) is 13.1. The predicted octanol–water partition coefficient (Wildman–Crippen LogP) is 1.98. The summed E-state index contributed by atoms with van der Waals surface area (Å²) in [5.41, 5.74) is 1.74. The smallest absolute Gasteiger partial charge is 0.497 e. The standard InChI is InChI=1S/C17H25O.Li/c1-17(2,3)16(13-7-5-6-8-13)14-9-11-15(18-4)12-10-14;/h9-12,16H,5-8H2,1-4H3;/q-1;+1. The van der Waals surface area contributed by atoms with E-state index >= 15 is 0 Å². The quantitative estimate of drug-likeness (QED) is 0.590. The Balaban J connectivity index is 0.00000180. The Kier molecular flexibility index (Phi) is 6.02. The zero-order valence-electron chi connectivity index (χ0n) is 13.1. The summed E-state index contributed by atoms with van der Waals surface area (Å²) in [6.07, 6.45) is 5.37. The van der Waals surface area contributed by atoms with Gasteiger partial charge in [0.05, 0.1) is 7.11 Å². The molecule has 2 rings (SSSR count). The zero-order chi connectivity index (χ0) is 13.2. The predicted molar refractivity (Wildman–Crippen MR) is 76.9 cm³/mol. The Morgan fingerprint density at radius 1 is 1.05 bits per heavy atom. The van der Waals surface area contributed by atoms with Crippen molar-refractivity contribution in [1.29, 1.82) is 0 Å². The summed E-state index contributed by atoms with van der Waals surface area (Å²) in [6, 6.07) is 8.65. The molecule has 100 valence electrons. The van der Waals surface area contributed by atoms with Crippen LogP contribution in [0.3, 0.4) is 0 Å². The Morgan fingerprint density at radius 2 is 1.58 bits per heavy atom. The van der Waals surface area contributed by atoms with E-state index in [1.54, 1.807) is 13.0 Å². The second-order valence-corrected chi connectivity index (χ2v) is 6.44. The Bertz CT molecular complexity index is 371. The van der Waals surface area contributed by atoms with E-state index in [4.69, 9.17) is 4.74 Å². The van der Waals surface area contributed by atoms with Gasteiger partial charge in [0.1, 0.15) is 5.75 Å².